The maximum atomic E-state index is 11.0. The first kappa shape index (κ1) is 13.9. The third-order valence-electron chi connectivity index (χ3n) is 3.62. The first-order valence-corrected chi connectivity index (χ1v) is 6.93. The first-order valence-electron chi connectivity index (χ1n) is 6.93. The van der Waals surface area contributed by atoms with Gasteiger partial charge in [-0.3, -0.25) is 4.79 Å². The average Bonchev–Trinajstić information content (AvgIpc) is 2.38. The molecule has 1 amide bonds. The van der Waals surface area contributed by atoms with Crippen molar-refractivity contribution >= 4 is 17.3 Å². The summed E-state index contributed by atoms with van der Waals surface area (Å²) in [6.07, 6.45) is 2.52. The zero-order valence-corrected chi connectivity index (χ0v) is 11.8. The van der Waals surface area contributed by atoms with Crippen LogP contribution in [0.5, 0.6) is 0 Å². The molecule has 1 aliphatic heterocycles. The summed E-state index contributed by atoms with van der Waals surface area (Å²) in [5.74, 6) is 0.716. The van der Waals surface area contributed by atoms with Gasteiger partial charge >= 0.3 is 0 Å². The van der Waals surface area contributed by atoms with Gasteiger partial charge in [-0.2, -0.15) is 0 Å². The number of piperidine rings is 1. The van der Waals surface area contributed by atoms with E-state index in [4.69, 9.17) is 0 Å². The van der Waals surface area contributed by atoms with E-state index in [0.29, 0.717) is 0 Å². The number of hydrogen-bond donors (Lipinski definition) is 2. The molecule has 1 saturated heterocycles. The summed E-state index contributed by atoms with van der Waals surface area (Å²) in [5.41, 5.74) is 1.92. The molecule has 104 valence electrons. The summed E-state index contributed by atoms with van der Waals surface area (Å²) in [5, 5.41) is 6.28. The van der Waals surface area contributed by atoms with E-state index in [-0.39, 0.29) is 5.91 Å². The number of benzene rings is 1. The Kier molecular flexibility index (Phi) is 4.80. The predicted molar refractivity (Wildman–Crippen MR) is 79.5 cm³/mol. The highest BCUT2D eigenvalue weighted by molar-refractivity contribution is 5.89. The van der Waals surface area contributed by atoms with E-state index in [1.807, 2.05) is 24.3 Å². The molecule has 0 bridgehead atoms. The van der Waals surface area contributed by atoms with Gasteiger partial charge in [0.25, 0.3) is 0 Å². The average molecular weight is 261 g/mol. The maximum absolute atomic E-state index is 11.0. The largest absolute Gasteiger partial charge is 0.385 e. The second-order valence-electron chi connectivity index (χ2n) is 5.39. The second kappa shape index (κ2) is 6.57. The molecule has 1 heterocycles. The van der Waals surface area contributed by atoms with Crippen LogP contribution in [0.25, 0.3) is 0 Å². The Morgan fingerprint density at radius 3 is 2.68 bits per heavy atom. The number of hydrogen-bond acceptors (Lipinski definition) is 3. The zero-order valence-electron chi connectivity index (χ0n) is 11.8. The SMILES string of the molecule is CC(=O)Nc1cccc(NCC2CCN(C)CC2)c1. The second-order valence-corrected chi connectivity index (χ2v) is 5.39. The Hall–Kier alpha value is -1.55. The minimum atomic E-state index is -0.0348. The van der Waals surface area contributed by atoms with Gasteiger partial charge < -0.3 is 15.5 Å². The molecular formula is C15H23N3O. The van der Waals surface area contributed by atoms with Crippen molar-refractivity contribution in [1.29, 1.82) is 0 Å². The number of amides is 1. The molecule has 0 unspecified atom stereocenters. The summed E-state index contributed by atoms with van der Waals surface area (Å²) < 4.78 is 0. The monoisotopic (exact) mass is 261 g/mol. The fraction of sp³-hybridized carbons (Fsp3) is 0.533. The van der Waals surface area contributed by atoms with Crippen LogP contribution in [-0.4, -0.2) is 37.5 Å². The minimum Gasteiger partial charge on any atom is -0.385 e. The molecule has 0 aliphatic carbocycles. The van der Waals surface area contributed by atoms with E-state index in [9.17, 15) is 4.79 Å². The summed E-state index contributed by atoms with van der Waals surface area (Å²) in [6, 6.07) is 7.89. The Balaban J connectivity index is 1.83. The standard InChI is InChI=1S/C15H23N3O/c1-12(19)17-15-5-3-4-14(10-15)16-11-13-6-8-18(2)9-7-13/h3-5,10,13,16H,6-9,11H2,1-2H3,(H,17,19). The Labute approximate surface area is 115 Å². The number of rotatable bonds is 4. The molecule has 0 radical (unpaired) electrons. The molecule has 4 nitrogen and oxygen atoms in total. The molecule has 1 aromatic rings. The summed E-state index contributed by atoms with van der Waals surface area (Å²) in [4.78, 5) is 13.4. The molecule has 0 spiro atoms. The number of carbonyl (C=O) groups excluding carboxylic acids is 1. The highest BCUT2D eigenvalue weighted by Gasteiger charge is 2.16. The molecular weight excluding hydrogens is 238 g/mol. The van der Waals surface area contributed by atoms with Gasteiger partial charge in [0.05, 0.1) is 0 Å². The highest BCUT2D eigenvalue weighted by atomic mass is 16.1. The van der Waals surface area contributed by atoms with Crippen LogP contribution in [0.15, 0.2) is 24.3 Å². The van der Waals surface area contributed by atoms with Gasteiger partial charge in [-0.25, -0.2) is 0 Å². The molecule has 1 aliphatic rings. The van der Waals surface area contributed by atoms with Gasteiger partial charge in [-0.05, 0) is 57.1 Å². The topological polar surface area (TPSA) is 44.4 Å². The quantitative estimate of drug-likeness (QED) is 0.874. The van der Waals surface area contributed by atoms with Crippen molar-refractivity contribution in [3.8, 4) is 0 Å². The lowest BCUT2D eigenvalue weighted by Gasteiger charge is -2.29. The third kappa shape index (κ3) is 4.56. The van der Waals surface area contributed by atoms with Gasteiger partial charge in [0.2, 0.25) is 5.91 Å². The van der Waals surface area contributed by atoms with Gasteiger partial charge in [-0.15, -0.1) is 0 Å². The van der Waals surface area contributed by atoms with Gasteiger partial charge in [-0.1, -0.05) is 6.07 Å². The van der Waals surface area contributed by atoms with Crippen LogP contribution >= 0.6 is 0 Å². The number of nitrogens with one attached hydrogen (secondary N) is 2. The predicted octanol–water partition coefficient (Wildman–Crippen LogP) is 2.40. The fourth-order valence-corrected chi connectivity index (χ4v) is 2.44. The van der Waals surface area contributed by atoms with Gasteiger partial charge in [0.15, 0.2) is 0 Å². The number of carbonyl (C=O) groups is 1. The Morgan fingerprint density at radius 1 is 1.32 bits per heavy atom. The van der Waals surface area contributed by atoms with Crippen LogP contribution in [0.3, 0.4) is 0 Å². The van der Waals surface area contributed by atoms with Gasteiger partial charge in [0.1, 0.15) is 0 Å². The van der Waals surface area contributed by atoms with E-state index in [1.165, 1.54) is 32.9 Å². The number of nitrogens with zero attached hydrogens (tertiary/aromatic N) is 1. The van der Waals surface area contributed by atoms with Crippen molar-refractivity contribution in [2.24, 2.45) is 5.92 Å². The smallest absolute Gasteiger partial charge is 0.221 e. The van der Waals surface area contributed by atoms with Crippen LogP contribution in [0.4, 0.5) is 11.4 Å². The third-order valence-corrected chi connectivity index (χ3v) is 3.62. The Morgan fingerprint density at radius 2 is 2.00 bits per heavy atom. The maximum Gasteiger partial charge on any atom is 0.221 e. The van der Waals surface area contributed by atoms with E-state index >= 15 is 0 Å². The van der Waals surface area contributed by atoms with Crippen molar-refractivity contribution in [3.63, 3.8) is 0 Å². The van der Waals surface area contributed by atoms with E-state index in [0.717, 1.165) is 23.8 Å². The van der Waals surface area contributed by atoms with Crippen LogP contribution in [0.1, 0.15) is 19.8 Å². The number of likely N-dealkylation sites (tertiary alicyclic amines) is 1. The fourth-order valence-electron chi connectivity index (χ4n) is 2.44. The molecule has 0 atom stereocenters. The molecule has 1 fully saturated rings. The normalized spacial score (nSPS) is 17.2. The van der Waals surface area contributed by atoms with E-state index < -0.39 is 0 Å². The van der Waals surface area contributed by atoms with E-state index in [2.05, 4.69) is 22.6 Å². The van der Waals surface area contributed by atoms with Crippen LogP contribution in [-0.2, 0) is 4.79 Å². The number of anilines is 2. The Bertz CT molecular complexity index is 425. The molecule has 1 aromatic carbocycles. The summed E-state index contributed by atoms with van der Waals surface area (Å²) >= 11 is 0. The molecule has 0 aromatic heterocycles. The van der Waals surface area contributed by atoms with Crippen molar-refractivity contribution in [3.05, 3.63) is 24.3 Å². The van der Waals surface area contributed by atoms with Crippen molar-refractivity contribution < 1.29 is 4.79 Å². The van der Waals surface area contributed by atoms with Crippen molar-refractivity contribution in [2.75, 3.05) is 37.3 Å². The summed E-state index contributed by atoms with van der Waals surface area (Å²) in [7, 11) is 2.18. The van der Waals surface area contributed by atoms with Crippen LogP contribution < -0.4 is 10.6 Å². The van der Waals surface area contributed by atoms with Crippen molar-refractivity contribution in [2.45, 2.75) is 19.8 Å². The molecule has 0 saturated carbocycles. The summed E-state index contributed by atoms with van der Waals surface area (Å²) in [6.45, 7) is 4.92. The van der Waals surface area contributed by atoms with Crippen molar-refractivity contribution in [1.82, 2.24) is 4.90 Å². The van der Waals surface area contributed by atoms with Crippen LogP contribution in [0.2, 0.25) is 0 Å². The molecule has 19 heavy (non-hydrogen) atoms. The van der Waals surface area contributed by atoms with Gasteiger partial charge in [0, 0.05) is 24.8 Å². The molecule has 2 N–H and O–H groups in total. The molecule has 2 rings (SSSR count). The van der Waals surface area contributed by atoms with Crippen LogP contribution in [0, 0.1) is 5.92 Å². The first-order chi connectivity index (χ1) is 9.13. The zero-order chi connectivity index (χ0) is 13.7. The van der Waals surface area contributed by atoms with E-state index in [1.54, 1.807) is 0 Å². The lowest BCUT2D eigenvalue weighted by Crippen LogP contribution is -2.32. The highest BCUT2D eigenvalue weighted by Crippen LogP contribution is 2.19. The molecule has 4 heteroatoms. The minimum absolute atomic E-state index is 0.0348. The lowest BCUT2D eigenvalue weighted by atomic mass is 9.97. The lowest BCUT2D eigenvalue weighted by molar-refractivity contribution is -0.114.